The van der Waals surface area contributed by atoms with E-state index >= 15 is 0 Å². The summed E-state index contributed by atoms with van der Waals surface area (Å²) in [6, 6.07) is 2.92. The molecule has 3 rings (SSSR count). The van der Waals surface area contributed by atoms with Crippen LogP contribution in [0.15, 0.2) is 35.5 Å². The highest BCUT2D eigenvalue weighted by Crippen LogP contribution is 2.23. The lowest BCUT2D eigenvalue weighted by atomic mass is 10.1. The number of methoxy groups -OCH3 is 1. The molecular weight excluding hydrogens is 326 g/mol. The van der Waals surface area contributed by atoms with Gasteiger partial charge in [-0.05, 0) is 18.9 Å². The van der Waals surface area contributed by atoms with Crippen LogP contribution in [-0.4, -0.2) is 56.9 Å². The third-order valence-corrected chi connectivity index (χ3v) is 3.91. The number of amides is 1. The van der Waals surface area contributed by atoms with Crippen LogP contribution in [-0.2, 0) is 11.3 Å². The number of ether oxygens (including phenoxy) is 2. The normalized spacial score (nSPS) is 17.2. The molecule has 9 heteroatoms. The predicted octanol–water partition coefficient (Wildman–Crippen LogP) is 0.112. The summed E-state index contributed by atoms with van der Waals surface area (Å²) in [7, 11) is 1.50. The highest BCUT2D eigenvalue weighted by Gasteiger charge is 2.26. The molecule has 0 aromatic carbocycles. The molecule has 0 spiro atoms. The second-order valence-corrected chi connectivity index (χ2v) is 5.61. The molecule has 132 valence electrons. The minimum absolute atomic E-state index is 0.0825. The molecule has 0 radical (unpaired) electrons. The van der Waals surface area contributed by atoms with E-state index in [1.807, 2.05) is 0 Å². The molecule has 0 saturated carbocycles. The molecule has 0 aliphatic carbocycles. The quantitative estimate of drug-likeness (QED) is 0.758. The van der Waals surface area contributed by atoms with E-state index in [0.29, 0.717) is 24.8 Å². The van der Waals surface area contributed by atoms with Crippen molar-refractivity contribution in [2.75, 3.05) is 20.2 Å². The van der Waals surface area contributed by atoms with Gasteiger partial charge in [-0.3, -0.25) is 9.59 Å². The summed E-state index contributed by atoms with van der Waals surface area (Å²) in [6.45, 7) is 0.957. The smallest absolute Gasteiger partial charge is 0.278 e. The third kappa shape index (κ3) is 4.11. The molecule has 2 aromatic heterocycles. The summed E-state index contributed by atoms with van der Waals surface area (Å²) < 4.78 is 12.1. The summed E-state index contributed by atoms with van der Waals surface area (Å²) in [5.41, 5.74) is -0.301. The van der Waals surface area contributed by atoms with E-state index < -0.39 is 0 Å². The van der Waals surface area contributed by atoms with Gasteiger partial charge in [-0.15, -0.1) is 0 Å². The molecule has 1 saturated heterocycles. The van der Waals surface area contributed by atoms with E-state index in [4.69, 9.17) is 9.47 Å². The Morgan fingerprint density at radius 2 is 2.08 bits per heavy atom. The number of likely N-dealkylation sites (tertiary alicyclic amines) is 1. The molecule has 1 unspecified atom stereocenters. The maximum absolute atomic E-state index is 12.5. The van der Waals surface area contributed by atoms with Crippen molar-refractivity contribution in [3.8, 4) is 11.8 Å². The van der Waals surface area contributed by atoms with Gasteiger partial charge < -0.3 is 14.4 Å². The van der Waals surface area contributed by atoms with Gasteiger partial charge in [0.05, 0.1) is 13.7 Å². The van der Waals surface area contributed by atoms with E-state index in [1.165, 1.54) is 31.8 Å². The van der Waals surface area contributed by atoms with Crippen LogP contribution in [0.5, 0.6) is 11.8 Å². The molecule has 0 bridgehead atoms. The number of carbonyl (C=O) groups is 1. The first-order valence-corrected chi connectivity index (χ1v) is 7.99. The SMILES string of the molecule is COc1nccnc1OC1CCCN(C(=O)Cn2ncccc2=O)C1. The van der Waals surface area contributed by atoms with Crippen LogP contribution < -0.4 is 15.0 Å². The standard InChI is InChI=1S/C16H19N5O4/c1-24-15-16(18-8-7-17-15)25-12-4-3-9-20(10-12)14(23)11-21-13(22)5-2-6-19-21/h2,5-8,12H,3-4,9-11H2,1H3. The van der Waals surface area contributed by atoms with E-state index in [2.05, 4.69) is 15.1 Å². The van der Waals surface area contributed by atoms with Crippen molar-refractivity contribution >= 4 is 5.91 Å². The Labute approximate surface area is 144 Å². The Morgan fingerprint density at radius 3 is 2.84 bits per heavy atom. The van der Waals surface area contributed by atoms with Crippen molar-refractivity contribution in [2.24, 2.45) is 0 Å². The minimum Gasteiger partial charge on any atom is -0.477 e. The van der Waals surface area contributed by atoms with Gasteiger partial charge in [0.1, 0.15) is 12.6 Å². The average molecular weight is 345 g/mol. The summed E-state index contributed by atoms with van der Waals surface area (Å²) in [5, 5.41) is 3.91. The molecule has 2 aromatic rings. The Hall–Kier alpha value is -2.97. The lowest BCUT2D eigenvalue weighted by Gasteiger charge is -2.32. The fourth-order valence-electron chi connectivity index (χ4n) is 2.69. The minimum atomic E-state index is -0.301. The fraction of sp³-hybridized carbons (Fsp3) is 0.438. The number of carbonyl (C=O) groups excluding carboxylic acids is 1. The van der Waals surface area contributed by atoms with Crippen LogP contribution in [0.1, 0.15) is 12.8 Å². The second kappa shape index (κ2) is 7.73. The first-order valence-electron chi connectivity index (χ1n) is 7.99. The zero-order chi connectivity index (χ0) is 17.6. The fourth-order valence-corrected chi connectivity index (χ4v) is 2.69. The molecule has 1 atom stereocenters. The Bertz CT molecular complexity index is 794. The van der Waals surface area contributed by atoms with Crippen molar-refractivity contribution in [1.29, 1.82) is 0 Å². The zero-order valence-corrected chi connectivity index (χ0v) is 13.9. The van der Waals surface area contributed by atoms with Crippen LogP contribution in [0.25, 0.3) is 0 Å². The highest BCUT2D eigenvalue weighted by molar-refractivity contribution is 5.76. The monoisotopic (exact) mass is 345 g/mol. The number of piperidine rings is 1. The maximum atomic E-state index is 12.5. The van der Waals surface area contributed by atoms with Gasteiger partial charge in [-0.2, -0.15) is 5.10 Å². The molecule has 0 N–H and O–H groups in total. The molecule has 25 heavy (non-hydrogen) atoms. The van der Waals surface area contributed by atoms with E-state index in [-0.39, 0.29) is 24.1 Å². The van der Waals surface area contributed by atoms with Crippen molar-refractivity contribution in [2.45, 2.75) is 25.5 Å². The summed E-state index contributed by atoms with van der Waals surface area (Å²) in [4.78, 5) is 34.0. The highest BCUT2D eigenvalue weighted by atomic mass is 16.5. The number of aromatic nitrogens is 4. The average Bonchev–Trinajstić information content (AvgIpc) is 2.64. The van der Waals surface area contributed by atoms with Crippen molar-refractivity contribution in [3.05, 3.63) is 41.1 Å². The molecule has 1 amide bonds. The van der Waals surface area contributed by atoms with Crippen molar-refractivity contribution in [1.82, 2.24) is 24.6 Å². The zero-order valence-electron chi connectivity index (χ0n) is 13.9. The lowest BCUT2D eigenvalue weighted by Crippen LogP contribution is -2.46. The van der Waals surface area contributed by atoms with E-state index in [0.717, 1.165) is 17.5 Å². The summed E-state index contributed by atoms with van der Waals surface area (Å²) >= 11 is 0. The molecule has 1 aliphatic heterocycles. The third-order valence-electron chi connectivity index (χ3n) is 3.91. The molecule has 1 aliphatic rings. The molecule has 1 fully saturated rings. The van der Waals surface area contributed by atoms with Crippen molar-refractivity contribution in [3.63, 3.8) is 0 Å². The number of nitrogens with zero attached hydrogens (tertiary/aromatic N) is 5. The van der Waals surface area contributed by atoms with Gasteiger partial charge in [-0.1, -0.05) is 0 Å². The van der Waals surface area contributed by atoms with E-state index in [1.54, 1.807) is 11.0 Å². The first kappa shape index (κ1) is 16.9. The Balaban J connectivity index is 1.63. The predicted molar refractivity (Wildman–Crippen MR) is 87.3 cm³/mol. The molecule has 9 nitrogen and oxygen atoms in total. The molecule has 3 heterocycles. The Morgan fingerprint density at radius 1 is 1.28 bits per heavy atom. The largest absolute Gasteiger partial charge is 0.477 e. The van der Waals surface area contributed by atoms with Gasteiger partial charge in [0, 0.05) is 31.2 Å². The maximum Gasteiger partial charge on any atom is 0.278 e. The van der Waals surface area contributed by atoms with Gasteiger partial charge in [-0.25, -0.2) is 14.6 Å². The van der Waals surface area contributed by atoms with E-state index in [9.17, 15) is 9.59 Å². The lowest BCUT2D eigenvalue weighted by molar-refractivity contribution is -0.134. The first-order chi connectivity index (χ1) is 12.2. The van der Waals surface area contributed by atoms with Gasteiger partial charge >= 0.3 is 0 Å². The van der Waals surface area contributed by atoms with Crippen LogP contribution in [0, 0.1) is 0 Å². The number of hydrogen-bond acceptors (Lipinski definition) is 7. The van der Waals surface area contributed by atoms with Crippen LogP contribution >= 0.6 is 0 Å². The Kier molecular flexibility index (Phi) is 5.22. The summed E-state index contributed by atoms with van der Waals surface area (Å²) in [6.07, 6.45) is 5.92. The van der Waals surface area contributed by atoms with Crippen molar-refractivity contribution < 1.29 is 14.3 Å². The topological polar surface area (TPSA) is 99.4 Å². The molecular formula is C16H19N5O4. The van der Waals surface area contributed by atoms with Crippen LogP contribution in [0.3, 0.4) is 0 Å². The van der Waals surface area contributed by atoms with Gasteiger partial charge in [0.15, 0.2) is 0 Å². The summed E-state index contributed by atoms with van der Waals surface area (Å²) in [5.74, 6) is 0.455. The number of rotatable bonds is 5. The van der Waals surface area contributed by atoms with Gasteiger partial charge in [0.2, 0.25) is 5.91 Å². The second-order valence-electron chi connectivity index (χ2n) is 5.61. The van der Waals surface area contributed by atoms with Gasteiger partial charge in [0.25, 0.3) is 17.3 Å². The van der Waals surface area contributed by atoms with Crippen LogP contribution in [0.4, 0.5) is 0 Å². The number of hydrogen-bond donors (Lipinski definition) is 0. The van der Waals surface area contributed by atoms with Crippen LogP contribution in [0.2, 0.25) is 0 Å².